The van der Waals surface area contributed by atoms with Gasteiger partial charge in [0.1, 0.15) is 23.7 Å². The lowest BCUT2D eigenvalue weighted by molar-refractivity contribution is -0.142. The van der Waals surface area contributed by atoms with E-state index in [1.807, 2.05) is 0 Å². The SMILES string of the molecule is C[C@H](NC(=O)Cc1cc(F)cc(F)c1)C(=O)N[C@@H](Cc1cccs1)C(=O)O. The molecule has 3 N–H and O–H groups in total. The normalized spacial score (nSPS) is 12.9. The molecule has 1 aromatic carbocycles. The van der Waals surface area contributed by atoms with E-state index in [1.54, 1.807) is 17.5 Å². The molecule has 0 radical (unpaired) electrons. The zero-order chi connectivity index (χ0) is 20.0. The van der Waals surface area contributed by atoms with Crippen LogP contribution in [-0.2, 0) is 27.2 Å². The number of thiophene rings is 1. The third kappa shape index (κ3) is 6.45. The van der Waals surface area contributed by atoms with Crippen molar-refractivity contribution in [2.75, 3.05) is 0 Å². The maximum Gasteiger partial charge on any atom is 0.326 e. The second-order valence-electron chi connectivity index (χ2n) is 5.93. The number of nitrogens with one attached hydrogen (secondary N) is 2. The third-order valence-corrected chi connectivity index (χ3v) is 4.56. The fraction of sp³-hybridized carbons (Fsp3) is 0.278. The summed E-state index contributed by atoms with van der Waals surface area (Å²) in [6.07, 6.45) is -0.189. The number of carboxylic acids is 1. The van der Waals surface area contributed by atoms with E-state index in [4.69, 9.17) is 0 Å². The van der Waals surface area contributed by atoms with E-state index >= 15 is 0 Å². The van der Waals surface area contributed by atoms with Crippen molar-refractivity contribution in [3.63, 3.8) is 0 Å². The van der Waals surface area contributed by atoms with Crippen LogP contribution in [0.2, 0.25) is 0 Å². The number of carboxylic acid groups (broad SMARTS) is 1. The molecule has 0 aliphatic rings. The Balaban J connectivity index is 1.91. The number of hydrogen-bond acceptors (Lipinski definition) is 4. The largest absolute Gasteiger partial charge is 0.480 e. The van der Waals surface area contributed by atoms with Gasteiger partial charge in [0, 0.05) is 17.4 Å². The lowest BCUT2D eigenvalue weighted by atomic mass is 10.1. The van der Waals surface area contributed by atoms with Crippen LogP contribution in [0.25, 0.3) is 0 Å². The Kier molecular flexibility index (Phi) is 7.00. The highest BCUT2D eigenvalue weighted by molar-refractivity contribution is 7.09. The lowest BCUT2D eigenvalue weighted by Gasteiger charge is -2.18. The van der Waals surface area contributed by atoms with Crippen molar-refractivity contribution >= 4 is 29.1 Å². The van der Waals surface area contributed by atoms with Crippen molar-refractivity contribution in [2.45, 2.75) is 31.8 Å². The average molecular weight is 396 g/mol. The van der Waals surface area contributed by atoms with Crippen LogP contribution in [0.15, 0.2) is 35.7 Å². The molecule has 2 rings (SSSR count). The van der Waals surface area contributed by atoms with Crippen molar-refractivity contribution in [3.8, 4) is 0 Å². The van der Waals surface area contributed by atoms with Gasteiger partial charge >= 0.3 is 5.97 Å². The molecule has 0 saturated heterocycles. The van der Waals surface area contributed by atoms with Gasteiger partial charge in [0.2, 0.25) is 11.8 Å². The highest BCUT2D eigenvalue weighted by Gasteiger charge is 2.24. The number of halogens is 2. The second kappa shape index (κ2) is 9.22. The molecule has 6 nitrogen and oxygen atoms in total. The molecule has 2 aromatic rings. The Hall–Kier alpha value is -2.81. The molecule has 0 spiro atoms. The molecule has 0 fully saturated rings. The molecule has 0 unspecified atom stereocenters. The molecule has 2 atom stereocenters. The third-order valence-electron chi connectivity index (χ3n) is 3.66. The van der Waals surface area contributed by atoms with Gasteiger partial charge in [-0.25, -0.2) is 13.6 Å². The quantitative estimate of drug-likeness (QED) is 0.635. The number of carbonyl (C=O) groups excluding carboxylic acids is 2. The summed E-state index contributed by atoms with van der Waals surface area (Å²) in [6.45, 7) is 1.39. The van der Waals surface area contributed by atoms with Crippen LogP contribution in [0.4, 0.5) is 8.78 Å². The van der Waals surface area contributed by atoms with E-state index in [0.717, 1.165) is 17.0 Å². The van der Waals surface area contributed by atoms with Gasteiger partial charge in [0.25, 0.3) is 0 Å². The predicted molar refractivity (Wildman–Crippen MR) is 95.3 cm³/mol. The summed E-state index contributed by atoms with van der Waals surface area (Å²) >= 11 is 1.37. The molecule has 2 amide bonds. The average Bonchev–Trinajstić information content (AvgIpc) is 3.05. The van der Waals surface area contributed by atoms with Gasteiger partial charge in [0.05, 0.1) is 6.42 Å². The Morgan fingerprint density at radius 1 is 1.15 bits per heavy atom. The first kappa shape index (κ1) is 20.5. The predicted octanol–water partition coefficient (Wildman–Crippen LogP) is 1.89. The van der Waals surface area contributed by atoms with Crippen LogP contribution in [-0.4, -0.2) is 35.0 Å². The monoisotopic (exact) mass is 396 g/mol. The minimum absolute atomic E-state index is 0.124. The van der Waals surface area contributed by atoms with Crippen LogP contribution in [0.5, 0.6) is 0 Å². The molecule has 9 heteroatoms. The van der Waals surface area contributed by atoms with Crippen LogP contribution in [0.1, 0.15) is 17.4 Å². The fourth-order valence-electron chi connectivity index (χ4n) is 2.38. The molecule has 0 aliphatic heterocycles. The van der Waals surface area contributed by atoms with Crippen LogP contribution in [0.3, 0.4) is 0 Å². The van der Waals surface area contributed by atoms with E-state index in [1.165, 1.54) is 18.3 Å². The van der Waals surface area contributed by atoms with E-state index in [-0.39, 0.29) is 18.4 Å². The molecule has 0 saturated carbocycles. The molecular weight excluding hydrogens is 378 g/mol. The topological polar surface area (TPSA) is 95.5 Å². The maximum absolute atomic E-state index is 13.2. The lowest BCUT2D eigenvalue weighted by Crippen LogP contribution is -2.51. The van der Waals surface area contributed by atoms with Crippen molar-refractivity contribution < 1.29 is 28.3 Å². The molecular formula is C18H18F2N2O4S. The Morgan fingerprint density at radius 3 is 2.37 bits per heavy atom. The van der Waals surface area contributed by atoms with Crippen molar-refractivity contribution in [2.24, 2.45) is 0 Å². The van der Waals surface area contributed by atoms with E-state index in [2.05, 4.69) is 10.6 Å². The summed E-state index contributed by atoms with van der Waals surface area (Å²) in [5.74, 6) is -4.08. The second-order valence-corrected chi connectivity index (χ2v) is 6.96. The van der Waals surface area contributed by atoms with Gasteiger partial charge in [-0.05, 0) is 36.1 Å². The Labute approximate surface area is 158 Å². The molecule has 1 heterocycles. The molecule has 1 aromatic heterocycles. The molecule has 0 aliphatic carbocycles. The highest BCUT2D eigenvalue weighted by Crippen LogP contribution is 2.12. The summed E-state index contributed by atoms with van der Waals surface area (Å²) < 4.78 is 26.3. The van der Waals surface area contributed by atoms with Gasteiger partial charge < -0.3 is 15.7 Å². The van der Waals surface area contributed by atoms with Crippen molar-refractivity contribution in [1.82, 2.24) is 10.6 Å². The van der Waals surface area contributed by atoms with E-state index in [9.17, 15) is 28.3 Å². The number of amides is 2. The van der Waals surface area contributed by atoms with Gasteiger partial charge in [-0.2, -0.15) is 0 Å². The zero-order valence-electron chi connectivity index (χ0n) is 14.4. The first-order chi connectivity index (χ1) is 12.7. The van der Waals surface area contributed by atoms with Gasteiger partial charge in [-0.15, -0.1) is 11.3 Å². The summed E-state index contributed by atoms with van der Waals surface area (Å²) in [6, 6.07) is 4.13. The number of rotatable bonds is 8. The summed E-state index contributed by atoms with van der Waals surface area (Å²) in [5.41, 5.74) is 0.124. The van der Waals surface area contributed by atoms with Gasteiger partial charge in [-0.1, -0.05) is 6.07 Å². The van der Waals surface area contributed by atoms with Gasteiger partial charge in [-0.3, -0.25) is 9.59 Å². The van der Waals surface area contributed by atoms with Crippen molar-refractivity contribution in [1.29, 1.82) is 0 Å². The molecule has 27 heavy (non-hydrogen) atoms. The molecule has 144 valence electrons. The van der Waals surface area contributed by atoms with Gasteiger partial charge in [0.15, 0.2) is 0 Å². The van der Waals surface area contributed by atoms with Crippen LogP contribution in [0, 0.1) is 11.6 Å². The number of hydrogen-bond donors (Lipinski definition) is 3. The minimum atomic E-state index is -1.19. The number of benzene rings is 1. The van der Waals surface area contributed by atoms with E-state index in [0.29, 0.717) is 6.07 Å². The van der Waals surface area contributed by atoms with Crippen LogP contribution < -0.4 is 10.6 Å². The summed E-state index contributed by atoms with van der Waals surface area (Å²) in [7, 11) is 0. The number of aliphatic carboxylic acids is 1. The number of carbonyl (C=O) groups is 3. The van der Waals surface area contributed by atoms with Crippen molar-refractivity contribution in [3.05, 3.63) is 57.8 Å². The zero-order valence-corrected chi connectivity index (χ0v) is 15.2. The smallest absolute Gasteiger partial charge is 0.326 e. The summed E-state index contributed by atoms with van der Waals surface area (Å²) in [4.78, 5) is 36.3. The maximum atomic E-state index is 13.2. The first-order valence-electron chi connectivity index (χ1n) is 8.04. The summed E-state index contributed by atoms with van der Waals surface area (Å²) in [5, 5.41) is 15.8. The Morgan fingerprint density at radius 2 is 1.81 bits per heavy atom. The highest BCUT2D eigenvalue weighted by atomic mass is 32.1. The first-order valence-corrected chi connectivity index (χ1v) is 8.92. The fourth-order valence-corrected chi connectivity index (χ4v) is 3.14. The Bertz CT molecular complexity index is 807. The van der Waals surface area contributed by atoms with Crippen LogP contribution >= 0.6 is 11.3 Å². The van der Waals surface area contributed by atoms with E-state index < -0.39 is 41.5 Å². The standard InChI is InChI=1S/C18H18F2N2O4S/c1-10(21-16(23)7-11-5-12(19)8-13(20)6-11)17(24)22-15(18(25)26)9-14-3-2-4-27-14/h2-6,8,10,15H,7,9H2,1H3,(H,21,23)(H,22,24)(H,25,26)/t10-,15-/m0/s1. The minimum Gasteiger partial charge on any atom is -0.480 e. The molecule has 0 bridgehead atoms.